The summed E-state index contributed by atoms with van der Waals surface area (Å²) < 4.78 is 15.0. The molecule has 0 aliphatic heterocycles. The molecule has 7 nitrogen and oxygen atoms in total. The van der Waals surface area contributed by atoms with Gasteiger partial charge in [-0.25, -0.2) is 0 Å². The summed E-state index contributed by atoms with van der Waals surface area (Å²) in [6.07, 6.45) is 0. The number of nitrogens with zero attached hydrogens (tertiary/aromatic N) is 3. The van der Waals surface area contributed by atoms with E-state index in [-0.39, 0.29) is 0 Å². The fourth-order valence-corrected chi connectivity index (χ4v) is 1.21. The Morgan fingerprint density at radius 3 is 3.00 bits per heavy atom. The van der Waals surface area contributed by atoms with Gasteiger partial charge in [-0.3, -0.25) is 0 Å². The van der Waals surface area contributed by atoms with Crippen LogP contribution in [0.25, 0.3) is 11.6 Å². The van der Waals surface area contributed by atoms with Crippen LogP contribution in [0.4, 0.5) is 0 Å². The van der Waals surface area contributed by atoms with E-state index < -0.39 is 0 Å². The topological polar surface area (TPSA) is 86.2 Å². The van der Waals surface area contributed by atoms with Crippen LogP contribution in [0.1, 0.15) is 11.6 Å². The van der Waals surface area contributed by atoms with Gasteiger partial charge in [0.05, 0.1) is 6.54 Å². The molecule has 0 radical (unpaired) electrons. The zero-order chi connectivity index (χ0) is 11.4. The monoisotopic (exact) mass is 224 g/mol. The molecule has 2 aromatic heterocycles. The first-order valence-electron chi connectivity index (χ1n) is 4.75. The highest BCUT2D eigenvalue weighted by molar-refractivity contribution is 5.45. The predicted molar refractivity (Wildman–Crippen MR) is 53.3 cm³/mol. The molecule has 0 saturated heterocycles. The highest BCUT2D eigenvalue weighted by Gasteiger charge is 2.13. The minimum Gasteiger partial charge on any atom is -0.377 e. The van der Waals surface area contributed by atoms with Crippen LogP contribution in [0.15, 0.2) is 15.1 Å². The summed E-state index contributed by atoms with van der Waals surface area (Å²) >= 11 is 0. The van der Waals surface area contributed by atoms with Gasteiger partial charge in [-0.1, -0.05) is 10.3 Å². The van der Waals surface area contributed by atoms with Gasteiger partial charge < -0.3 is 19.1 Å². The van der Waals surface area contributed by atoms with Crippen molar-refractivity contribution in [2.45, 2.75) is 13.2 Å². The molecule has 0 bridgehead atoms. The Morgan fingerprint density at radius 2 is 2.25 bits per heavy atom. The van der Waals surface area contributed by atoms with E-state index in [0.717, 1.165) is 0 Å². The van der Waals surface area contributed by atoms with E-state index in [1.165, 1.54) is 0 Å². The number of hydrogen-bond donors (Lipinski definition) is 1. The number of aromatic nitrogens is 3. The molecule has 0 unspecified atom stereocenters. The molecule has 2 aromatic rings. The Hall–Kier alpha value is -1.73. The molecule has 0 spiro atoms. The van der Waals surface area contributed by atoms with Crippen molar-refractivity contribution in [3.8, 4) is 11.6 Å². The van der Waals surface area contributed by atoms with Crippen molar-refractivity contribution in [2.75, 3.05) is 14.2 Å². The molecule has 0 aliphatic rings. The average molecular weight is 224 g/mol. The molecule has 16 heavy (non-hydrogen) atoms. The van der Waals surface area contributed by atoms with E-state index in [4.69, 9.17) is 13.8 Å². The van der Waals surface area contributed by atoms with Crippen LogP contribution in [-0.4, -0.2) is 29.5 Å². The van der Waals surface area contributed by atoms with E-state index in [1.54, 1.807) is 13.2 Å². The number of methoxy groups -OCH3 is 1. The molecule has 0 saturated carbocycles. The average Bonchev–Trinajstić information content (AvgIpc) is 2.87. The molecule has 86 valence electrons. The van der Waals surface area contributed by atoms with Crippen molar-refractivity contribution < 1.29 is 13.8 Å². The van der Waals surface area contributed by atoms with Crippen molar-refractivity contribution >= 4 is 0 Å². The summed E-state index contributed by atoms with van der Waals surface area (Å²) in [6.45, 7) is 0.913. The first-order chi connectivity index (χ1) is 7.83. The molecule has 0 atom stereocenters. The third kappa shape index (κ3) is 2.26. The molecule has 0 aromatic carbocycles. The number of rotatable bonds is 5. The lowest BCUT2D eigenvalue weighted by Crippen LogP contribution is -2.06. The minimum atomic E-state index is 0.344. The molecule has 1 N–H and O–H groups in total. The molecule has 2 rings (SSSR count). The van der Waals surface area contributed by atoms with Crippen LogP contribution < -0.4 is 5.32 Å². The second-order valence-electron chi connectivity index (χ2n) is 3.16. The van der Waals surface area contributed by atoms with E-state index in [9.17, 15) is 0 Å². The van der Waals surface area contributed by atoms with Crippen molar-refractivity contribution in [1.82, 2.24) is 20.6 Å². The number of ether oxygens (including phenoxy) is 1. The van der Waals surface area contributed by atoms with Gasteiger partial charge in [-0.05, 0) is 7.05 Å². The van der Waals surface area contributed by atoms with Crippen LogP contribution in [0, 0.1) is 0 Å². The summed E-state index contributed by atoms with van der Waals surface area (Å²) in [5.41, 5.74) is 0.516. The molecular formula is C9H12N4O3. The molecule has 0 amide bonds. The smallest absolute Gasteiger partial charge is 0.280 e. The van der Waals surface area contributed by atoms with Crippen LogP contribution in [0.3, 0.4) is 0 Å². The maximum absolute atomic E-state index is 5.03. The Labute approximate surface area is 91.8 Å². The van der Waals surface area contributed by atoms with Crippen LogP contribution >= 0.6 is 0 Å². The lowest BCUT2D eigenvalue weighted by Gasteiger charge is -1.87. The predicted octanol–water partition coefficient (Wildman–Crippen LogP) is 0.590. The van der Waals surface area contributed by atoms with E-state index in [1.807, 2.05) is 7.05 Å². The van der Waals surface area contributed by atoms with E-state index in [2.05, 4.69) is 20.6 Å². The highest BCUT2D eigenvalue weighted by Crippen LogP contribution is 2.17. The van der Waals surface area contributed by atoms with Gasteiger partial charge in [-0.15, -0.1) is 0 Å². The SMILES string of the molecule is CNCc1noc(-c2cc(COC)on2)n1. The minimum absolute atomic E-state index is 0.344. The van der Waals surface area contributed by atoms with Gasteiger partial charge in [0.2, 0.25) is 0 Å². The number of hydrogen-bond acceptors (Lipinski definition) is 7. The fraction of sp³-hybridized carbons (Fsp3) is 0.444. The fourth-order valence-electron chi connectivity index (χ4n) is 1.21. The summed E-state index contributed by atoms with van der Waals surface area (Å²) in [6, 6.07) is 1.71. The van der Waals surface area contributed by atoms with E-state index >= 15 is 0 Å². The van der Waals surface area contributed by atoms with E-state index in [0.29, 0.717) is 36.3 Å². The standard InChI is InChI=1S/C9H12N4O3/c1-10-4-8-11-9(16-13-8)7-3-6(5-14-2)15-12-7/h3,10H,4-5H2,1-2H3. The van der Waals surface area contributed by atoms with Gasteiger partial charge in [0, 0.05) is 13.2 Å². The van der Waals surface area contributed by atoms with Crippen molar-refractivity contribution in [2.24, 2.45) is 0 Å². The first kappa shape index (κ1) is 10.8. The highest BCUT2D eigenvalue weighted by atomic mass is 16.5. The second-order valence-corrected chi connectivity index (χ2v) is 3.16. The maximum atomic E-state index is 5.03. The van der Waals surface area contributed by atoms with Gasteiger partial charge in [0.25, 0.3) is 5.89 Å². The van der Waals surface area contributed by atoms with Gasteiger partial charge in [-0.2, -0.15) is 4.98 Å². The summed E-state index contributed by atoms with van der Waals surface area (Å²) in [5.74, 6) is 1.54. The third-order valence-corrected chi connectivity index (χ3v) is 1.87. The Kier molecular flexibility index (Phi) is 3.28. The molecule has 0 fully saturated rings. The normalized spacial score (nSPS) is 10.9. The molecule has 2 heterocycles. The van der Waals surface area contributed by atoms with Gasteiger partial charge >= 0.3 is 0 Å². The van der Waals surface area contributed by atoms with Gasteiger partial charge in [0.1, 0.15) is 6.61 Å². The Balaban J connectivity index is 2.14. The Bertz CT molecular complexity index is 409. The van der Waals surface area contributed by atoms with Crippen LogP contribution in [-0.2, 0) is 17.9 Å². The third-order valence-electron chi connectivity index (χ3n) is 1.87. The number of nitrogens with one attached hydrogen (secondary N) is 1. The molecular weight excluding hydrogens is 212 g/mol. The second kappa shape index (κ2) is 4.86. The van der Waals surface area contributed by atoms with Crippen LogP contribution in [0.2, 0.25) is 0 Å². The molecule has 0 aliphatic carbocycles. The van der Waals surface area contributed by atoms with Gasteiger partial charge in [0.15, 0.2) is 17.3 Å². The summed E-state index contributed by atoms with van der Waals surface area (Å²) in [5, 5.41) is 10.5. The van der Waals surface area contributed by atoms with Crippen LogP contribution in [0.5, 0.6) is 0 Å². The Morgan fingerprint density at radius 1 is 1.38 bits per heavy atom. The lowest BCUT2D eigenvalue weighted by atomic mass is 10.4. The first-order valence-corrected chi connectivity index (χ1v) is 4.75. The quantitative estimate of drug-likeness (QED) is 0.795. The van der Waals surface area contributed by atoms with Crippen molar-refractivity contribution in [1.29, 1.82) is 0 Å². The summed E-state index contributed by atoms with van der Waals surface area (Å²) in [4.78, 5) is 4.14. The zero-order valence-electron chi connectivity index (χ0n) is 9.06. The van der Waals surface area contributed by atoms with Crippen molar-refractivity contribution in [3.63, 3.8) is 0 Å². The maximum Gasteiger partial charge on any atom is 0.280 e. The largest absolute Gasteiger partial charge is 0.377 e. The summed E-state index contributed by atoms with van der Waals surface area (Å²) in [7, 11) is 3.39. The van der Waals surface area contributed by atoms with Crippen molar-refractivity contribution in [3.05, 3.63) is 17.7 Å². The zero-order valence-corrected chi connectivity index (χ0v) is 9.06. The lowest BCUT2D eigenvalue weighted by molar-refractivity contribution is 0.156. The molecule has 7 heteroatoms.